The van der Waals surface area contributed by atoms with Crippen LogP contribution >= 0.6 is 11.3 Å². The maximum absolute atomic E-state index is 13.1. The third-order valence-corrected chi connectivity index (χ3v) is 6.56. The Bertz CT molecular complexity index is 906. The number of likely N-dealkylation sites (tertiary alicyclic amines) is 1. The zero-order valence-corrected chi connectivity index (χ0v) is 17.2. The Morgan fingerprint density at radius 3 is 2.82 bits per heavy atom. The van der Waals surface area contributed by atoms with Crippen molar-refractivity contribution in [2.75, 3.05) is 20.1 Å². The molecular weight excluding hydrogens is 374 g/mol. The molecule has 3 atom stereocenters. The molecular formula is C21H27N3O3S. The summed E-state index contributed by atoms with van der Waals surface area (Å²) in [5.41, 5.74) is 3.20. The number of piperidine rings is 1. The number of rotatable bonds is 5. The predicted molar refractivity (Wildman–Crippen MR) is 109 cm³/mol. The molecule has 1 N–H and O–H groups in total. The Labute approximate surface area is 169 Å². The van der Waals surface area contributed by atoms with Gasteiger partial charge < -0.3 is 14.6 Å². The van der Waals surface area contributed by atoms with Crippen molar-refractivity contribution in [3.8, 4) is 0 Å². The molecule has 150 valence electrons. The lowest BCUT2D eigenvalue weighted by molar-refractivity contribution is -0.142. The van der Waals surface area contributed by atoms with Crippen LogP contribution in [0, 0.1) is 5.92 Å². The van der Waals surface area contributed by atoms with Gasteiger partial charge in [-0.25, -0.2) is 0 Å². The highest BCUT2D eigenvalue weighted by Crippen LogP contribution is 2.35. The van der Waals surface area contributed by atoms with Gasteiger partial charge in [-0.1, -0.05) is 6.07 Å². The van der Waals surface area contributed by atoms with Crippen LogP contribution in [0.15, 0.2) is 33.8 Å². The maximum atomic E-state index is 13.1. The molecule has 4 rings (SSSR count). The molecule has 0 saturated carbocycles. The standard InChI is InChI=1S/C21H27N3O3S/c1-14(25)20(26)23-9-16-7-18(12-23)19-4-3-17(21(27)24(19)10-16)11-22(2)8-15-5-6-28-13-15/h3-6,13-14,16,18,25H,7-12H2,1-2H3/t14-,16-,18+/m0/s1. The van der Waals surface area contributed by atoms with E-state index < -0.39 is 6.10 Å². The molecule has 0 unspecified atom stereocenters. The van der Waals surface area contributed by atoms with E-state index in [1.807, 2.05) is 17.7 Å². The number of aliphatic hydroxyl groups is 1. The molecule has 1 fully saturated rings. The van der Waals surface area contributed by atoms with E-state index in [1.165, 1.54) is 12.5 Å². The zero-order valence-electron chi connectivity index (χ0n) is 16.4. The van der Waals surface area contributed by atoms with Crippen LogP contribution in [0.3, 0.4) is 0 Å². The van der Waals surface area contributed by atoms with Gasteiger partial charge >= 0.3 is 0 Å². The fourth-order valence-electron chi connectivity index (χ4n) is 4.60. The first-order valence-corrected chi connectivity index (χ1v) is 10.8. The SMILES string of the molecule is C[C@H](O)C(=O)N1C[C@@H]2C[C@H](C1)c1ccc(CN(C)Cc3ccsc3)c(=O)n1C2. The third kappa shape index (κ3) is 3.79. The van der Waals surface area contributed by atoms with Gasteiger partial charge in [-0.15, -0.1) is 0 Å². The Morgan fingerprint density at radius 1 is 1.29 bits per heavy atom. The molecule has 2 aliphatic heterocycles. The number of hydrogen-bond acceptors (Lipinski definition) is 5. The van der Waals surface area contributed by atoms with E-state index in [2.05, 4.69) is 27.8 Å². The first-order valence-electron chi connectivity index (χ1n) is 9.81. The number of aliphatic hydroxyl groups excluding tert-OH is 1. The number of amides is 1. The molecule has 1 saturated heterocycles. The summed E-state index contributed by atoms with van der Waals surface area (Å²) in [4.78, 5) is 29.3. The summed E-state index contributed by atoms with van der Waals surface area (Å²) >= 11 is 1.69. The Hall–Kier alpha value is -1.96. The molecule has 2 aromatic heterocycles. The third-order valence-electron chi connectivity index (χ3n) is 5.82. The Kier molecular flexibility index (Phi) is 5.40. The normalized spacial score (nSPS) is 22.2. The quantitative estimate of drug-likeness (QED) is 0.831. The lowest BCUT2D eigenvalue weighted by atomic mass is 9.82. The first kappa shape index (κ1) is 19.4. The van der Waals surface area contributed by atoms with Crippen molar-refractivity contribution in [1.29, 1.82) is 0 Å². The molecule has 2 bridgehead atoms. The summed E-state index contributed by atoms with van der Waals surface area (Å²) < 4.78 is 1.93. The molecule has 2 aromatic rings. The molecule has 6 nitrogen and oxygen atoms in total. The molecule has 0 radical (unpaired) electrons. The number of aromatic nitrogens is 1. The second-order valence-electron chi connectivity index (χ2n) is 8.22. The lowest BCUT2D eigenvalue weighted by Crippen LogP contribution is -2.51. The van der Waals surface area contributed by atoms with Crippen molar-refractivity contribution in [1.82, 2.24) is 14.4 Å². The summed E-state index contributed by atoms with van der Waals surface area (Å²) in [6.07, 6.45) is 0.0302. The van der Waals surface area contributed by atoms with Gasteiger partial charge in [0.25, 0.3) is 11.5 Å². The lowest BCUT2D eigenvalue weighted by Gasteiger charge is -2.43. The van der Waals surface area contributed by atoms with Crippen LogP contribution in [0.1, 0.15) is 36.1 Å². The minimum absolute atomic E-state index is 0.0969. The highest BCUT2D eigenvalue weighted by molar-refractivity contribution is 7.07. The highest BCUT2D eigenvalue weighted by Gasteiger charge is 2.37. The second kappa shape index (κ2) is 7.81. The maximum Gasteiger partial charge on any atom is 0.255 e. The fraction of sp³-hybridized carbons (Fsp3) is 0.524. The van der Waals surface area contributed by atoms with Crippen molar-refractivity contribution in [2.45, 2.75) is 45.0 Å². The summed E-state index contributed by atoms with van der Waals surface area (Å²) in [6, 6.07) is 6.13. The molecule has 0 aliphatic carbocycles. The van der Waals surface area contributed by atoms with Crippen LogP contribution in [0.2, 0.25) is 0 Å². The number of nitrogens with zero attached hydrogens (tertiary/aromatic N) is 3. The van der Waals surface area contributed by atoms with Gasteiger partial charge in [0.15, 0.2) is 0 Å². The number of pyridine rings is 1. The van der Waals surface area contributed by atoms with Crippen LogP contribution in [0.25, 0.3) is 0 Å². The smallest absolute Gasteiger partial charge is 0.255 e. The van der Waals surface area contributed by atoms with E-state index in [0.29, 0.717) is 26.2 Å². The van der Waals surface area contributed by atoms with Gasteiger partial charge in [0.2, 0.25) is 0 Å². The summed E-state index contributed by atoms with van der Waals surface area (Å²) in [5.74, 6) is 0.225. The molecule has 4 heterocycles. The summed E-state index contributed by atoms with van der Waals surface area (Å²) in [7, 11) is 2.04. The largest absolute Gasteiger partial charge is 0.384 e. The van der Waals surface area contributed by atoms with E-state index in [-0.39, 0.29) is 23.3 Å². The number of carbonyl (C=O) groups is 1. The van der Waals surface area contributed by atoms with Gasteiger partial charge in [-0.2, -0.15) is 11.3 Å². The minimum Gasteiger partial charge on any atom is -0.384 e. The predicted octanol–water partition coefficient (Wildman–Crippen LogP) is 1.87. The van der Waals surface area contributed by atoms with Crippen LogP contribution in [-0.2, 0) is 24.4 Å². The number of hydrogen-bond donors (Lipinski definition) is 1. The molecule has 28 heavy (non-hydrogen) atoms. The van der Waals surface area contributed by atoms with Gasteiger partial charge in [-0.3, -0.25) is 14.5 Å². The number of fused-ring (bicyclic) bond motifs is 4. The highest BCUT2D eigenvalue weighted by atomic mass is 32.1. The fourth-order valence-corrected chi connectivity index (χ4v) is 5.26. The number of carbonyl (C=O) groups excluding carboxylic acids is 1. The minimum atomic E-state index is -0.970. The molecule has 1 amide bonds. The summed E-state index contributed by atoms with van der Waals surface area (Å²) in [6.45, 7) is 4.81. The average Bonchev–Trinajstić information content (AvgIpc) is 3.16. The van der Waals surface area contributed by atoms with Crippen molar-refractivity contribution >= 4 is 17.2 Å². The van der Waals surface area contributed by atoms with Gasteiger partial charge in [0.1, 0.15) is 6.10 Å². The average molecular weight is 402 g/mol. The second-order valence-corrected chi connectivity index (χ2v) is 9.00. The number of thiophene rings is 1. The van der Waals surface area contributed by atoms with Gasteiger partial charge in [0.05, 0.1) is 0 Å². The van der Waals surface area contributed by atoms with E-state index in [9.17, 15) is 14.7 Å². The topological polar surface area (TPSA) is 65.8 Å². The van der Waals surface area contributed by atoms with Gasteiger partial charge in [0, 0.05) is 49.9 Å². The van der Waals surface area contributed by atoms with Crippen LogP contribution in [-0.4, -0.2) is 51.6 Å². The Morgan fingerprint density at radius 2 is 2.11 bits per heavy atom. The molecule has 0 spiro atoms. The van der Waals surface area contributed by atoms with E-state index in [4.69, 9.17) is 0 Å². The van der Waals surface area contributed by atoms with Crippen LogP contribution in [0.4, 0.5) is 0 Å². The van der Waals surface area contributed by atoms with Crippen molar-refractivity contribution in [2.24, 2.45) is 5.92 Å². The van der Waals surface area contributed by atoms with Crippen molar-refractivity contribution < 1.29 is 9.90 Å². The van der Waals surface area contributed by atoms with Crippen molar-refractivity contribution in [3.05, 3.63) is 56.1 Å². The first-order chi connectivity index (χ1) is 13.4. The van der Waals surface area contributed by atoms with E-state index >= 15 is 0 Å². The van der Waals surface area contributed by atoms with E-state index in [0.717, 1.165) is 24.2 Å². The van der Waals surface area contributed by atoms with Crippen LogP contribution < -0.4 is 5.56 Å². The van der Waals surface area contributed by atoms with Gasteiger partial charge in [-0.05, 0) is 54.8 Å². The molecule has 0 aromatic carbocycles. The van der Waals surface area contributed by atoms with E-state index in [1.54, 1.807) is 16.2 Å². The zero-order chi connectivity index (χ0) is 19.8. The van der Waals surface area contributed by atoms with Crippen molar-refractivity contribution in [3.63, 3.8) is 0 Å². The molecule has 7 heteroatoms. The van der Waals surface area contributed by atoms with Crippen LogP contribution in [0.5, 0.6) is 0 Å². The Balaban J connectivity index is 1.53. The monoisotopic (exact) mass is 401 g/mol. The molecule has 2 aliphatic rings. The summed E-state index contributed by atoms with van der Waals surface area (Å²) in [5, 5.41) is 13.8.